The van der Waals surface area contributed by atoms with Crippen LogP contribution in [0.3, 0.4) is 0 Å². The molecule has 1 fully saturated rings. The van der Waals surface area contributed by atoms with Crippen LogP contribution in [0.15, 0.2) is 29.3 Å². The van der Waals surface area contributed by atoms with Crippen LogP contribution >= 0.6 is 23.1 Å². The second kappa shape index (κ2) is 6.25. The largest absolute Gasteiger partial charge is 0.360 e. The van der Waals surface area contributed by atoms with Gasteiger partial charge in [0.2, 0.25) is 0 Å². The summed E-state index contributed by atoms with van der Waals surface area (Å²) in [6.07, 6.45) is 4.36. The maximum Gasteiger partial charge on any atom is 0.151 e. The van der Waals surface area contributed by atoms with Gasteiger partial charge in [-0.2, -0.15) is 5.10 Å². The molecule has 136 valence electrons. The molecule has 1 aromatic carbocycles. The molecule has 0 saturated carbocycles. The van der Waals surface area contributed by atoms with Crippen LogP contribution in [0.2, 0.25) is 0 Å². The maximum atomic E-state index is 14.4. The van der Waals surface area contributed by atoms with Gasteiger partial charge in [0.1, 0.15) is 15.9 Å². The smallest absolute Gasteiger partial charge is 0.151 e. The van der Waals surface area contributed by atoms with Crippen molar-refractivity contribution < 1.29 is 4.39 Å². The molecular formula is C19H21FN4S2. The van der Waals surface area contributed by atoms with Crippen molar-refractivity contribution in [3.63, 3.8) is 0 Å². The first-order chi connectivity index (χ1) is 12.6. The van der Waals surface area contributed by atoms with Gasteiger partial charge in [-0.25, -0.2) is 4.39 Å². The fraction of sp³-hybridized carbons (Fsp3) is 0.421. The zero-order chi connectivity index (χ0) is 17.8. The summed E-state index contributed by atoms with van der Waals surface area (Å²) < 4.78 is 16.1. The van der Waals surface area contributed by atoms with Gasteiger partial charge < -0.3 is 10.2 Å². The number of fused-ring (bicyclic) bond motifs is 2. The molecule has 0 amide bonds. The number of aromatic nitrogens is 2. The number of aryl methyl sites for hydroxylation is 1. The van der Waals surface area contributed by atoms with E-state index in [1.54, 1.807) is 22.5 Å². The lowest BCUT2D eigenvalue weighted by atomic mass is 9.96. The summed E-state index contributed by atoms with van der Waals surface area (Å²) in [5.41, 5.74) is 1.41. The van der Waals surface area contributed by atoms with Crippen LogP contribution in [0.25, 0.3) is 10.9 Å². The molecule has 1 atom stereocenters. The average molecular weight is 389 g/mol. The van der Waals surface area contributed by atoms with Crippen molar-refractivity contribution in [1.82, 2.24) is 14.7 Å². The highest BCUT2D eigenvalue weighted by molar-refractivity contribution is 8.00. The highest BCUT2D eigenvalue weighted by atomic mass is 32.2. The standard InChI is InChI=1S/C19H21FN4S2/c1-23-5-3-11(4-6-23)15-9-16-19(25-15)21-18(26-16)12-7-13-10-24(2)22-17(13)14(20)8-12/h7-11,18,21H,3-6H2,1-2H3. The van der Waals surface area contributed by atoms with Gasteiger partial charge in [-0.15, -0.1) is 11.3 Å². The van der Waals surface area contributed by atoms with E-state index in [0.29, 0.717) is 11.4 Å². The van der Waals surface area contributed by atoms with E-state index >= 15 is 0 Å². The van der Waals surface area contributed by atoms with E-state index in [1.807, 2.05) is 30.6 Å². The van der Waals surface area contributed by atoms with Crippen LogP contribution in [0.1, 0.15) is 34.6 Å². The fourth-order valence-corrected chi connectivity index (χ4v) is 6.52. The highest BCUT2D eigenvalue weighted by Crippen LogP contribution is 2.52. The van der Waals surface area contributed by atoms with Crippen LogP contribution in [0.5, 0.6) is 0 Å². The zero-order valence-electron chi connectivity index (χ0n) is 14.8. The Hall–Kier alpha value is -1.57. The molecule has 4 heterocycles. The topological polar surface area (TPSA) is 33.1 Å². The lowest BCUT2D eigenvalue weighted by Gasteiger charge is -2.28. The maximum absolute atomic E-state index is 14.4. The molecule has 5 rings (SSSR count). The minimum Gasteiger partial charge on any atom is -0.360 e. The average Bonchev–Trinajstić information content (AvgIpc) is 3.27. The van der Waals surface area contributed by atoms with Crippen molar-refractivity contribution in [2.24, 2.45) is 7.05 Å². The predicted octanol–water partition coefficient (Wildman–Crippen LogP) is 4.80. The third-order valence-electron chi connectivity index (χ3n) is 5.35. The van der Waals surface area contributed by atoms with Crippen LogP contribution in [0.4, 0.5) is 9.39 Å². The van der Waals surface area contributed by atoms with E-state index in [4.69, 9.17) is 0 Å². The number of nitrogens with one attached hydrogen (secondary N) is 1. The molecule has 3 aromatic rings. The van der Waals surface area contributed by atoms with E-state index in [-0.39, 0.29) is 11.2 Å². The van der Waals surface area contributed by atoms with Crippen LogP contribution < -0.4 is 5.32 Å². The molecule has 0 spiro atoms. The van der Waals surface area contributed by atoms with E-state index in [2.05, 4.69) is 28.4 Å². The summed E-state index contributed by atoms with van der Waals surface area (Å²) in [6, 6.07) is 6.02. The van der Waals surface area contributed by atoms with Crippen molar-refractivity contribution >= 4 is 39.0 Å². The molecule has 0 radical (unpaired) electrons. The Balaban J connectivity index is 1.37. The Kier molecular flexibility index (Phi) is 3.99. The number of thioether (sulfide) groups is 1. The number of thiophene rings is 1. The number of nitrogens with zero attached hydrogens (tertiary/aromatic N) is 3. The summed E-state index contributed by atoms with van der Waals surface area (Å²) in [4.78, 5) is 5.21. The Labute approximate surface area is 160 Å². The fourth-order valence-electron chi connectivity index (χ4n) is 3.89. The van der Waals surface area contributed by atoms with Crippen molar-refractivity contribution in [2.75, 3.05) is 25.5 Å². The van der Waals surface area contributed by atoms with Gasteiger partial charge in [0.15, 0.2) is 5.82 Å². The third-order valence-corrected chi connectivity index (χ3v) is 7.91. The summed E-state index contributed by atoms with van der Waals surface area (Å²) in [5.74, 6) is 0.439. The van der Waals surface area contributed by atoms with Crippen molar-refractivity contribution in [1.29, 1.82) is 0 Å². The Morgan fingerprint density at radius 1 is 1.19 bits per heavy atom. The predicted molar refractivity (Wildman–Crippen MR) is 107 cm³/mol. The molecule has 4 nitrogen and oxygen atoms in total. The number of hydrogen-bond donors (Lipinski definition) is 1. The number of rotatable bonds is 2. The molecular weight excluding hydrogens is 367 g/mol. The first kappa shape index (κ1) is 16.6. The number of halogens is 1. The van der Waals surface area contributed by atoms with Crippen molar-refractivity contribution in [3.05, 3.63) is 40.7 Å². The summed E-state index contributed by atoms with van der Waals surface area (Å²) >= 11 is 3.67. The van der Waals surface area contributed by atoms with Crippen LogP contribution in [0, 0.1) is 5.82 Å². The normalized spacial score (nSPS) is 21.3. The van der Waals surface area contributed by atoms with E-state index < -0.39 is 0 Å². The first-order valence-electron chi connectivity index (χ1n) is 8.95. The minimum atomic E-state index is -0.247. The van der Waals surface area contributed by atoms with Crippen molar-refractivity contribution in [3.8, 4) is 0 Å². The highest BCUT2D eigenvalue weighted by Gasteiger charge is 2.29. The van der Waals surface area contributed by atoms with Gasteiger partial charge >= 0.3 is 0 Å². The lowest BCUT2D eigenvalue weighted by Crippen LogP contribution is -2.28. The van der Waals surface area contributed by atoms with E-state index in [9.17, 15) is 4.39 Å². The second-order valence-electron chi connectivity index (χ2n) is 7.31. The molecule has 26 heavy (non-hydrogen) atoms. The van der Waals surface area contributed by atoms with Crippen LogP contribution in [-0.2, 0) is 7.05 Å². The number of hydrogen-bond acceptors (Lipinski definition) is 5. The number of piperidine rings is 1. The summed E-state index contributed by atoms with van der Waals surface area (Å²) in [7, 11) is 4.02. The molecule has 0 aliphatic carbocycles. The van der Waals surface area contributed by atoms with Crippen molar-refractivity contribution in [2.45, 2.75) is 29.0 Å². The third kappa shape index (κ3) is 2.82. The first-order valence-corrected chi connectivity index (χ1v) is 10.6. The summed E-state index contributed by atoms with van der Waals surface area (Å²) in [5, 5.41) is 9.95. The van der Waals surface area contributed by atoms with Gasteiger partial charge in [-0.3, -0.25) is 4.68 Å². The number of benzene rings is 1. The number of anilines is 1. The second-order valence-corrected chi connectivity index (χ2v) is 9.54. The lowest BCUT2D eigenvalue weighted by molar-refractivity contribution is 0.257. The van der Waals surface area contributed by atoms with Gasteiger partial charge in [0, 0.05) is 28.4 Å². The van der Waals surface area contributed by atoms with Crippen LogP contribution in [-0.4, -0.2) is 34.8 Å². The molecule has 1 saturated heterocycles. The molecule has 1 unspecified atom stereocenters. The molecule has 2 aliphatic rings. The van der Waals surface area contributed by atoms with E-state index in [1.165, 1.54) is 40.7 Å². The van der Waals surface area contributed by atoms with Gasteiger partial charge in [0.25, 0.3) is 0 Å². The Morgan fingerprint density at radius 3 is 2.77 bits per heavy atom. The molecule has 2 aliphatic heterocycles. The molecule has 0 bridgehead atoms. The minimum absolute atomic E-state index is 0.0712. The SMILES string of the molecule is CN1CCC(c2cc3c(s2)NC(c2cc(F)c4nn(C)cc4c2)S3)CC1. The molecule has 1 N–H and O–H groups in total. The monoisotopic (exact) mass is 388 g/mol. The molecule has 7 heteroatoms. The number of likely N-dealkylation sites (tertiary alicyclic amines) is 1. The van der Waals surface area contributed by atoms with Gasteiger partial charge in [-0.05, 0) is 62.7 Å². The zero-order valence-corrected chi connectivity index (χ0v) is 16.5. The Bertz CT molecular complexity index is 948. The summed E-state index contributed by atoms with van der Waals surface area (Å²) in [6.45, 7) is 2.36. The van der Waals surface area contributed by atoms with E-state index in [0.717, 1.165) is 10.9 Å². The quantitative estimate of drug-likeness (QED) is 0.684. The Morgan fingerprint density at radius 2 is 2.00 bits per heavy atom. The van der Waals surface area contributed by atoms with Gasteiger partial charge in [-0.1, -0.05) is 11.8 Å². The molecule has 2 aromatic heterocycles. The van der Waals surface area contributed by atoms with Gasteiger partial charge in [0.05, 0.1) is 0 Å².